The molecule has 0 aliphatic rings. The Morgan fingerprint density at radius 2 is 2.12 bits per heavy atom. The van der Waals surface area contributed by atoms with E-state index in [1.807, 2.05) is 12.3 Å². The number of benzene rings is 1. The van der Waals surface area contributed by atoms with E-state index in [-0.39, 0.29) is 0 Å². The van der Waals surface area contributed by atoms with Crippen molar-refractivity contribution in [2.24, 2.45) is 0 Å². The number of hydrogen-bond acceptors (Lipinski definition) is 3. The van der Waals surface area contributed by atoms with E-state index in [9.17, 15) is 0 Å². The van der Waals surface area contributed by atoms with Crippen LogP contribution in [0.5, 0.6) is 0 Å². The van der Waals surface area contributed by atoms with Crippen molar-refractivity contribution in [3.8, 4) is 10.6 Å². The van der Waals surface area contributed by atoms with E-state index >= 15 is 0 Å². The summed E-state index contributed by atoms with van der Waals surface area (Å²) >= 11 is 5.13. The number of halogens is 1. The summed E-state index contributed by atoms with van der Waals surface area (Å²) in [5.74, 6) is 0. The van der Waals surface area contributed by atoms with E-state index in [0.29, 0.717) is 0 Å². The highest BCUT2D eigenvalue weighted by molar-refractivity contribution is 9.10. The summed E-state index contributed by atoms with van der Waals surface area (Å²) in [6.45, 7) is 2.09. The standard InChI is InChI=1S/C13H9BrN2S/c1-8-3-2-4-11-12(8)16-13(17-11)9-5-10(14)7-15-6-9/h2-7H,1H3. The van der Waals surface area contributed by atoms with Crippen molar-refractivity contribution in [2.75, 3.05) is 0 Å². The first-order valence-electron chi connectivity index (χ1n) is 5.21. The second-order valence-electron chi connectivity index (χ2n) is 3.83. The highest BCUT2D eigenvalue weighted by Crippen LogP contribution is 2.31. The minimum atomic E-state index is 0.978. The smallest absolute Gasteiger partial charge is 0.126 e. The van der Waals surface area contributed by atoms with Crippen molar-refractivity contribution >= 4 is 37.5 Å². The van der Waals surface area contributed by atoms with Gasteiger partial charge < -0.3 is 0 Å². The zero-order chi connectivity index (χ0) is 11.8. The van der Waals surface area contributed by atoms with Gasteiger partial charge in [0.15, 0.2) is 0 Å². The topological polar surface area (TPSA) is 25.8 Å². The number of thiazole rings is 1. The highest BCUT2D eigenvalue weighted by Gasteiger charge is 2.08. The van der Waals surface area contributed by atoms with Gasteiger partial charge in [0, 0.05) is 22.4 Å². The summed E-state index contributed by atoms with van der Waals surface area (Å²) in [5, 5.41) is 1.02. The van der Waals surface area contributed by atoms with Gasteiger partial charge in [-0.25, -0.2) is 4.98 Å². The fourth-order valence-corrected chi connectivity index (χ4v) is 3.13. The molecule has 0 atom stereocenters. The van der Waals surface area contributed by atoms with E-state index in [1.165, 1.54) is 10.3 Å². The molecule has 0 unspecified atom stereocenters. The zero-order valence-corrected chi connectivity index (χ0v) is 11.5. The third-order valence-corrected chi connectivity index (χ3v) is 4.08. The first kappa shape index (κ1) is 10.9. The van der Waals surface area contributed by atoms with Gasteiger partial charge in [0.05, 0.1) is 10.2 Å². The van der Waals surface area contributed by atoms with Gasteiger partial charge in [-0.05, 0) is 40.5 Å². The van der Waals surface area contributed by atoms with Gasteiger partial charge in [-0.15, -0.1) is 11.3 Å². The lowest BCUT2D eigenvalue weighted by molar-refractivity contribution is 1.30. The van der Waals surface area contributed by atoms with Crippen LogP contribution < -0.4 is 0 Å². The molecule has 0 fully saturated rings. The van der Waals surface area contributed by atoms with E-state index in [0.717, 1.165) is 20.6 Å². The minimum Gasteiger partial charge on any atom is -0.263 e. The molecule has 0 bridgehead atoms. The SMILES string of the molecule is Cc1cccc2sc(-c3cncc(Br)c3)nc12. The minimum absolute atomic E-state index is 0.978. The van der Waals surface area contributed by atoms with Gasteiger partial charge in [-0.1, -0.05) is 12.1 Å². The van der Waals surface area contributed by atoms with E-state index in [4.69, 9.17) is 0 Å². The van der Waals surface area contributed by atoms with Crippen LogP contribution in [0.3, 0.4) is 0 Å². The lowest BCUT2D eigenvalue weighted by atomic mass is 10.2. The molecule has 0 saturated heterocycles. The maximum atomic E-state index is 4.68. The molecule has 2 heterocycles. The third kappa shape index (κ3) is 1.98. The summed E-state index contributed by atoms with van der Waals surface area (Å²) < 4.78 is 2.20. The molecular formula is C13H9BrN2S. The monoisotopic (exact) mass is 304 g/mol. The van der Waals surface area contributed by atoms with Crippen molar-refractivity contribution in [3.63, 3.8) is 0 Å². The van der Waals surface area contributed by atoms with E-state index < -0.39 is 0 Å². The molecule has 0 radical (unpaired) electrons. The normalized spacial score (nSPS) is 10.9. The molecule has 0 spiro atoms. The lowest BCUT2D eigenvalue weighted by Gasteiger charge is -1.95. The molecule has 0 N–H and O–H groups in total. The molecule has 2 aromatic heterocycles. The van der Waals surface area contributed by atoms with Crippen LogP contribution in [0.15, 0.2) is 41.1 Å². The number of aryl methyl sites for hydroxylation is 1. The molecule has 0 amide bonds. The van der Waals surface area contributed by atoms with Crippen molar-refractivity contribution < 1.29 is 0 Å². The van der Waals surface area contributed by atoms with Gasteiger partial charge in [-0.3, -0.25) is 4.98 Å². The molecule has 3 aromatic rings. The molecule has 2 nitrogen and oxygen atoms in total. The van der Waals surface area contributed by atoms with Gasteiger partial charge in [0.2, 0.25) is 0 Å². The Hall–Kier alpha value is -1.26. The van der Waals surface area contributed by atoms with E-state index in [1.54, 1.807) is 17.5 Å². The number of nitrogens with zero attached hydrogens (tertiary/aromatic N) is 2. The molecule has 1 aromatic carbocycles. The maximum absolute atomic E-state index is 4.68. The third-order valence-electron chi connectivity index (χ3n) is 2.57. The number of fused-ring (bicyclic) bond motifs is 1. The molecule has 0 aliphatic heterocycles. The van der Waals surface area contributed by atoms with Gasteiger partial charge in [0.25, 0.3) is 0 Å². The Bertz CT molecular complexity index is 691. The Morgan fingerprint density at radius 3 is 2.88 bits per heavy atom. The Labute approximate surface area is 111 Å². The second kappa shape index (κ2) is 4.20. The largest absolute Gasteiger partial charge is 0.263 e. The predicted octanol–water partition coefficient (Wildman–Crippen LogP) is 4.43. The maximum Gasteiger partial charge on any atom is 0.126 e. The van der Waals surface area contributed by atoms with Crippen molar-refractivity contribution in [2.45, 2.75) is 6.92 Å². The summed E-state index contributed by atoms with van der Waals surface area (Å²) in [7, 11) is 0. The average molecular weight is 305 g/mol. The predicted molar refractivity (Wildman–Crippen MR) is 75.3 cm³/mol. The van der Waals surface area contributed by atoms with Crippen molar-refractivity contribution in [3.05, 3.63) is 46.7 Å². The van der Waals surface area contributed by atoms with Crippen LogP contribution in [0, 0.1) is 6.92 Å². The Kier molecular flexibility index (Phi) is 2.68. The Balaban J connectivity index is 2.22. The quantitative estimate of drug-likeness (QED) is 0.664. The molecule has 0 saturated carbocycles. The number of hydrogen-bond donors (Lipinski definition) is 0. The summed E-state index contributed by atoms with van der Waals surface area (Å²) in [4.78, 5) is 8.85. The van der Waals surface area contributed by atoms with Crippen LogP contribution in [-0.4, -0.2) is 9.97 Å². The highest BCUT2D eigenvalue weighted by atomic mass is 79.9. The van der Waals surface area contributed by atoms with Gasteiger partial charge >= 0.3 is 0 Å². The fourth-order valence-electron chi connectivity index (χ4n) is 1.74. The number of para-hydroxylation sites is 1. The fraction of sp³-hybridized carbons (Fsp3) is 0.0769. The molecular weight excluding hydrogens is 296 g/mol. The first-order chi connectivity index (χ1) is 8.24. The van der Waals surface area contributed by atoms with Gasteiger partial charge in [-0.2, -0.15) is 0 Å². The van der Waals surface area contributed by atoms with Crippen molar-refractivity contribution in [1.82, 2.24) is 9.97 Å². The Morgan fingerprint density at radius 1 is 1.24 bits per heavy atom. The average Bonchev–Trinajstić information content (AvgIpc) is 2.74. The van der Waals surface area contributed by atoms with Gasteiger partial charge in [0.1, 0.15) is 5.01 Å². The van der Waals surface area contributed by atoms with Crippen LogP contribution in [0.1, 0.15) is 5.56 Å². The first-order valence-corrected chi connectivity index (χ1v) is 6.82. The van der Waals surface area contributed by atoms with Crippen LogP contribution >= 0.6 is 27.3 Å². The lowest BCUT2D eigenvalue weighted by Crippen LogP contribution is -1.79. The number of aromatic nitrogens is 2. The summed E-state index contributed by atoms with van der Waals surface area (Å²) in [5.41, 5.74) is 3.36. The van der Waals surface area contributed by atoms with Crippen molar-refractivity contribution in [1.29, 1.82) is 0 Å². The molecule has 0 aliphatic carbocycles. The van der Waals surface area contributed by atoms with Crippen LogP contribution in [0.4, 0.5) is 0 Å². The van der Waals surface area contributed by atoms with Crippen LogP contribution in [-0.2, 0) is 0 Å². The summed E-state index contributed by atoms with van der Waals surface area (Å²) in [6, 6.07) is 8.30. The van der Waals surface area contributed by atoms with Crippen LogP contribution in [0.2, 0.25) is 0 Å². The number of pyridine rings is 1. The van der Waals surface area contributed by atoms with E-state index in [2.05, 4.69) is 51.0 Å². The number of rotatable bonds is 1. The molecule has 4 heteroatoms. The summed E-state index contributed by atoms with van der Waals surface area (Å²) in [6.07, 6.45) is 3.62. The second-order valence-corrected chi connectivity index (χ2v) is 5.78. The van der Waals surface area contributed by atoms with Crippen LogP contribution in [0.25, 0.3) is 20.8 Å². The molecule has 17 heavy (non-hydrogen) atoms. The zero-order valence-electron chi connectivity index (χ0n) is 9.14. The molecule has 3 rings (SSSR count). The molecule has 84 valence electrons.